The van der Waals surface area contributed by atoms with E-state index in [1.807, 2.05) is 6.08 Å². The van der Waals surface area contributed by atoms with E-state index in [2.05, 4.69) is 69.2 Å². The minimum absolute atomic E-state index is 0.360. The van der Waals surface area contributed by atoms with Gasteiger partial charge in [-0.3, -0.25) is 5.32 Å². The predicted molar refractivity (Wildman–Crippen MR) is 87.2 cm³/mol. The Labute approximate surface area is 120 Å². The summed E-state index contributed by atoms with van der Waals surface area (Å²) in [5, 5.41) is 6.87. The molecule has 0 rings (SSSR count). The summed E-state index contributed by atoms with van der Waals surface area (Å²) in [7, 11) is 0. The first-order valence-corrected chi connectivity index (χ1v) is 7.50. The summed E-state index contributed by atoms with van der Waals surface area (Å²) >= 11 is 0. The first kappa shape index (κ1) is 18.1. The largest absolute Gasteiger partial charge is 0.304 e. The first-order chi connectivity index (χ1) is 9.19. The van der Waals surface area contributed by atoms with E-state index >= 15 is 0 Å². The quantitative estimate of drug-likeness (QED) is 0.336. The van der Waals surface area contributed by atoms with Gasteiger partial charge in [0.1, 0.15) is 0 Å². The molecular weight excluding hydrogens is 232 g/mol. The molecule has 2 heteroatoms. The Morgan fingerprint density at radius 3 is 2.47 bits per heavy atom. The van der Waals surface area contributed by atoms with Crippen LogP contribution in [0.5, 0.6) is 0 Å². The van der Waals surface area contributed by atoms with Crippen LogP contribution in [0.25, 0.3) is 0 Å². The summed E-state index contributed by atoms with van der Waals surface area (Å²) in [4.78, 5) is 0. The topological polar surface area (TPSA) is 24.1 Å². The lowest BCUT2D eigenvalue weighted by atomic mass is 9.87. The predicted octanol–water partition coefficient (Wildman–Crippen LogP) is 3.88. The molecule has 0 amide bonds. The van der Waals surface area contributed by atoms with Crippen molar-refractivity contribution in [3.05, 3.63) is 37.0 Å². The molecular formula is C17H32N2. The molecule has 110 valence electrons. The van der Waals surface area contributed by atoms with Crippen LogP contribution in [-0.2, 0) is 0 Å². The van der Waals surface area contributed by atoms with Crippen molar-refractivity contribution in [1.82, 2.24) is 10.6 Å². The number of nitrogens with one attached hydrogen (secondary N) is 2. The van der Waals surface area contributed by atoms with Crippen molar-refractivity contribution in [3.8, 4) is 0 Å². The van der Waals surface area contributed by atoms with Crippen molar-refractivity contribution in [2.24, 2.45) is 11.8 Å². The van der Waals surface area contributed by atoms with Gasteiger partial charge in [0.25, 0.3) is 0 Å². The molecule has 19 heavy (non-hydrogen) atoms. The number of hydrogen-bond acceptors (Lipinski definition) is 2. The lowest BCUT2D eigenvalue weighted by Gasteiger charge is -2.23. The molecule has 0 spiro atoms. The van der Waals surface area contributed by atoms with Crippen molar-refractivity contribution in [3.63, 3.8) is 0 Å². The minimum atomic E-state index is 0.360. The average molecular weight is 264 g/mol. The maximum absolute atomic E-state index is 3.77. The second kappa shape index (κ2) is 12.2. The van der Waals surface area contributed by atoms with E-state index < -0.39 is 0 Å². The Morgan fingerprint density at radius 1 is 1.21 bits per heavy atom. The molecule has 3 atom stereocenters. The van der Waals surface area contributed by atoms with Gasteiger partial charge in [-0.05, 0) is 52.0 Å². The fourth-order valence-corrected chi connectivity index (χ4v) is 2.17. The Balaban J connectivity index is 4.22. The van der Waals surface area contributed by atoms with E-state index in [0.29, 0.717) is 17.9 Å². The minimum Gasteiger partial charge on any atom is -0.304 e. The second-order valence-corrected chi connectivity index (χ2v) is 5.02. The van der Waals surface area contributed by atoms with E-state index in [1.165, 1.54) is 6.42 Å². The molecule has 3 unspecified atom stereocenters. The van der Waals surface area contributed by atoms with Crippen LogP contribution in [0.3, 0.4) is 0 Å². The van der Waals surface area contributed by atoms with Gasteiger partial charge in [-0.1, -0.05) is 37.3 Å². The lowest BCUT2D eigenvalue weighted by Crippen LogP contribution is -2.37. The van der Waals surface area contributed by atoms with Gasteiger partial charge in [-0.2, -0.15) is 0 Å². The third kappa shape index (κ3) is 8.79. The second-order valence-electron chi connectivity index (χ2n) is 5.02. The summed E-state index contributed by atoms with van der Waals surface area (Å²) in [5.74, 6) is 1.32. The van der Waals surface area contributed by atoms with Crippen molar-refractivity contribution >= 4 is 0 Å². The van der Waals surface area contributed by atoms with Gasteiger partial charge < -0.3 is 5.32 Å². The molecule has 0 aliphatic carbocycles. The van der Waals surface area contributed by atoms with E-state index in [9.17, 15) is 0 Å². The highest BCUT2D eigenvalue weighted by molar-refractivity contribution is 4.93. The van der Waals surface area contributed by atoms with Gasteiger partial charge in [-0.25, -0.2) is 0 Å². The van der Waals surface area contributed by atoms with Gasteiger partial charge >= 0.3 is 0 Å². The highest BCUT2D eigenvalue weighted by Crippen LogP contribution is 2.21. The van der Waals surface area contributed by atoms with Crippen LogP contribution < -0.4 is 10.6 Å². The molecule has 0 saturated heterocycles. The van der Waals surface area contributed by atoms with Crippen LogP contribution in [0.1, 0.15) is 40.5 Å². The standard InChI is InChI=1S/C17H32N2/c1-6-10-12-17(16(9-4)11-7-2)13-18-14-19-15(5)8-3/h6-8,10-11,15-19H,3,9,12-14H2,1-2,4-5H3. The van der Waals surface area contributed by atoms with Crippen LogP contribution in [0.15, 0.2) is 37.0 Å². The van der Waals surface area contributed by atoms with Gasteiger partial charge in [-0.15, -0.1) is 6.58 Å². The Bertz CT molecular complexity index is 268. The molecule has 0 aromatic rings. The van der Waals surface area contributed by atoms with Crippen molar-refractivity contribution in [1.29, 1.82) is 0 Å². The molecule has 2 N–H and O–H groups in total. The Hall–Kier alpha value is -0.860. The van der Waals surface area contributed by atoms with Crippen molar-refractivity contribution in [2.75, 3.05) is 13.2 Å². The molecule has 0 aliphatic rings. The van der Waals surface area contributed by atoms with Gasteiger partial charge in [0.15, 0.2) is 0 Å². The number of hydrogen-bond donors (Lipinski definition) is 2. The normalized spacial score (nSPS) is 16.8. The fourth-order valence-electron chi connectivity index (χ4n) is 2.17. The third-order valence-electron chi connectivity index (χ3n) is 3.50. The highest BCUT2D eigenvalue weighted by Gasteiger charge is 2.15. The van der Waals surface area contributed by atoms with Crippen molar-refractivity contribution in [2.45, 2.75) is 46.6 Å². The fraction of sp³-hybridized carbons (Fsp3) is 0.647. The van der Waals surface area contributed by atoms with E-state index in [-0.39, 0.29) is 0 Å². The number of rotatable bonds is 11. The maximum Gasteiger partial charge on any atom is 0.0458 e. The molecule has 0 radical (unpaired) electrons. The van der Waals surface area contributed by atoms with E-state index in [1.54, 1.807) is 0 Å². The molecule has 0 fully saturated rings. The Morgan fingerprint density at radius 2 is 1.95 bits per heavy atom. The summed E-state index contributed by atoms with van der Waals surface area (Å²) in [6.07, 6.45) is 13.2. The Kier molecular flexibility index (Phi) is 11.6. The molecule has 0 aromatic carbocycles. The van der Waals surface area contributed by atoms with Crippen LogP contribution in [0.4, 0.5) is 0 Å². The molecule has 0 heterocycles. The molecule has 2 nitrogen and oxygen atoms in total. The highest BCUT2D eigenvalue weighted by atomic mass is 15.1. The van der Waals surface area contributed by atoms with Crippen molar-refractivity contribution < 1.29 is 0 Å². The van der Waals surface area contributed by atoms with Crippen LogP contribution in [0, 0.1) is 11.8 Å². The maximum atomic E-state index is 3.77. The van der Waals surface area contributed by atoms with Crippen LogP contribution in [-0.4, -0.2) is 19.3 Å². The summed E-state index contributed by atoms with van der Waals surface area (Å²) in [5.41, 5.74) is 0. The number of allylic oxidation sites excluding steroid dienone is 4. The SMILES string of the molecule is C=CC(C)NCNCC(CC=CC)C(C=CC)CC. The molecule has 0 saturated carbocycles. The zero-order valence-corrected chi connectivity index (χ0v) is 13.2. The lowest BCUT2D eigenvalue weighted by molar-refractivity contribution is 0.358. The average Bonchev–Trinajstić information content (AvgIpc) is 2.44. The zero-order chi connectivity index (χ0) is 14.5. The first-order valence-electron chi connectivity index (χ1n) is 7.50. The van der Waals surface area contributed by atoms with Gasteiger partial charge in [0, 0.05) is 12.7 Å². The van der Waals surface area contributed by atoms with Gasteiger partial charge in [0.2, 0.25) is 0 Å². The smallest absolute Gasteiger partial charge is 0.0458 e. The van der Waals surface area contributed by atoms with Crippen LogP contribution >= 0.6 is 0 Å². The summed E-state index contributed by atoms with van der Waals surface area (Å²) in [6.45, 7) is 14.2. The zero-order valence-electron chi connectivity index (χ0n) is 13.2. The monoisotopic (exact) mass is 264 g/mol. The van der Waals surface area contributed by atoms with Crippen LogP contribution in [0.2, 0.25) is 0 Å². The van der Waals surface area contributed by atoms with Gasteiger partial charge in [0.05, 0.1) is 0 Å². The van der Waals surface area contributed by atoms with E-state index in [0.717, 1.165) is 19.6 Å². The summed E-state index contributed by atoms with van der Waals surface area (Å²) in [6, 6.07) is 0.360. The third-order valence-corrected chi connectivity index (χ3v) is 3.50. The molecule has 0 aromatic heterocycles. The molecule has 0 bridgehead atoms. The van der Waals surface area contributed by atoms with E-state index in [4.69, 9.17) is 0 Å². The molecule has 0 aliphatic heterocycles. The summed E-state index contributed by atoms with van der Waals surface area (Å²) < 4.78 is 0.